The maximum Gasteiger partial charge on any atom is 0.223 e. The Labute approximate surface area is 124 Å². The smallest absolute Gasteiger partial charge is 0.223 e. The first-order valence-corrected chi connectivity index (χ1v) is 7.00. The Morgan fingerprint density at radius 3 is 2.48 bits per heavy atom. The second kappa shape index (κ2) is 7.90. The molecule has 0 unspecified atom stereocenters. The Morgan fingerprint density at radius 2 is 1.76 bits per heavy atom. The van der Waals surface area contributed by atoms with Crippen molar-refractivity contribution >= 4 is 12.0 Å². The number of rotatable bonds is 6. The number of phenolic OH excluding ortho intramolecular Hbond substituents is 1. The number of nitrogens with one attached hydrogen (secondary N) is 1. The van der Waals surface area contributed by atoms with Gasteiger partial charge < -0.3 is 10.4 Å². The van der Waals surface area contributed by atoms with E-state index >= 15 is 0 Å². The van der Waals surface area contributed by atoms with Gasteiger partial charge in [-0.2, -0.15) is 0 Å². The molecule has 1 amide bonds. The van der Waals surface area contributed by atoms with E-state index in [1.165, 1.54) is 0 Å². The summed E-state index contributed by atoms with van der Waals surface area (Å²) in [5.74, 6) is 0.273. The highest BCUT2D eigenvalue weighted by Gasteiger charge is 1.98. The lowest BCUT2D eigenvalue weighted by Gasteiger charge is -2.04. The Balaban J connectivity index is 1.68. The van der Waals surface area contributed by atoms with E-state index in [0.29, 0.717) is 13.0 Å². The van der Waals surface area contributed by atoms with Crippen LogP contribution >= 0.6 is 0 Å². The molecule has 0 heterocycles. The van der Waals surface area contributed by atoms with Gasteiger partial charge in [-0.25, -0.2) is 0 Å². The van der Waals surface area contributed by atoms with Crippen molar-refractivity contribution in [3.8, 4) is 5.75 Å². The van der Waals surface area contributed by atoms with Gasteiger partial charge in [-0.1, -0.05) is 54.6 Å². The Hall–Kier alpha value is -2.55. The van der Waals surface area contributed by atoms with Gasteiger partial charge in [0.15, 0.2) is 0 Å². The highest BCUT2D eigenvalue weighted by Crippen LogP contribution is 2.09. The molecular formula is C18H19NO2. The predicted molar refractivity (Wildman–Crippen MR) is 84.9 cm³/mol. The van der Waals surface area contributed by atoms with Crippen LogP contribution in [0.1, 0.15) is 17.5 Å². The number of hydrogen-bond acceptors (Lipinski definition) is 2. The number of phenols is 1. The van der Waals surface area contributed by atoms with Crippen LogP contribution in [0.3, 0.4) is 0 Å². The summed E-state index contributed by atoms with van der Waals surface area (Å²) in [6.45, 7) is 0.600. The van der Waals surface area contributed by atoms with E-state index in [0.717, 1.165) is 17.5 Å². The van der Waals surface area contributed by atoms with E-state index in [4.69, 9.17) is 0 Å². The quantitative estimate of drug-likeness (QED) is 0.854. The largest absolute Gasteiger partial charge is 0.508 e. The third kappa shape index (κ3) is 5.53. The lowest BCUT2D eigenvalue weighted by atomic mass is 10.1. The van der Waals surface area contributed by atoms with Crippen molar-refractivity contribution in [2.75, 3.05) is 6.54 Å². The van der Waals surface area contributed by atoms with Crippen LogP contribution in [0.15, 0.2) is 60.7 Å². The number of carbonyl (C=O) groups excluding carboxylic acids is 1. The minimum absolute atomic E-state index is 0.0148. The van der Waals surface area contributed by atoms with Crippen LogP contribution in [0, 0.1) is 0 Å². The minimum atomic E-state index is 0.0148. The zero-order chi connectivity index (χ0) is 14.9. The SMILES string of the molecule is O=C(C/C=C/c1ccccc1)NCCc1ccc(O)cc1. The van der Waals surface area contributed by atoms with Gasteiger partial charge in [0, 0.05) is 13.0 Å². The molecule has 0 fully saturated rings. The summed E-state index contributed by atoms with van der Waals surface area (Å²) in [5.41, 5.74) is 2.18. The van der Waals surface area contributed by atoms with Crippen LogP contribution in [0.4, 0.5) is 0 Å². The fourth-order valence-electron chi connectivity index (χ4n) is 1.95. The third-order valence-electron chi connectivity index (χ3n) is 3.09. The first-order chi connectivity index (χ1) is 10.2. The molecular weight excluding hydrogens is 262 g/mol. The lowest BCUT2D eigenvalue weighted by Crippen LogP contribution is -2.24. The van der Waals surface area contributed by atoms with Gasteiger partial charge in [-0.05, 0) is 29.7 Å². The van der Waals surface area contributed by atoms with Crippen LogP contribution in [0.5, 0.6) is 5.75 Å². The van der Waals surface area contributed by atoms with Gasteiger partial charge in [-0.15, -0.1) is 0 Å². The molecule has 0 atom stereocenters. The molecule has 2 aromatic carbocycles. The second-order valence-corrected chi connectivity index (χ2v) is 4.78. The maximum absolute atomic E-state index is 11.7. The summed E-state index contributed by atoms with van der Waals surface area (Å²) in [7, 11) is 0. The number of hydrogen-bond donors (Lipinski definition) is 2. The topological polar surface area (TPSA) is 49.3 Å². The average molecular weight is 281 g/mol. The molecule has 0 spiro atoms. The molecule has 0 aromatic heterocycles. The van der Waals surface area contributed by atoms with Crippen molar-refractivity contribution in [3.63, 3.8) is 0 Å². The first kappa shape index (κ1) is 14.9. The molecule has 0 aliphatic heterocycles. The van der Waals surface area contributed by atoms with E-state index < -0.39 is 0 Å². The van der Waals surface area contributed by atoms with Crippen LogP contribution in [0.2, 0.25) is 0 Å². The molecule has 3 heteroatoms. The summed E-state index contributed by atoms with van der Waals surface area (Å²) >= 11 is 0. The fraction of sp³-hybridized carbons (Fsp3) is 0.167. The molecule has 3 nitrogen and oxygen atoms in total. The first-order valence-electron chi connectivity index (χ1n) is 7.00. The van der Waals surface area contributed by atoms with Crippen molar-refractivity contribution in [2.45, 2.75) is 12.8 Å². The second-order valence-electron chi connectivity index (χ2n) is 4.78. The molecule has 2 N–H and O–H groups in total. The molecule has 2 aromatic rings. The van der Waals surface area contributed by atoms with Crippen molar-refractivity contribution in [1.29, 1.82) is 0 Å². The zero-order valence-corrected chi connectivity index (χ0v) is 11.8. The van der Waals surface area contributed by atoms with E-state index in [-0.39, 0.29) is 11.7 Å². The van der Waals surface area contributed by atoms with Gasteiger partial charge in [0.05, 0.1) is 0 Å². The lowest BCUT2D eigenvalue weighted by molar-refractivity contribution is -0.120. The molecule has 108 valence electrons. The molecule has 0 bridgehead atoms. The van der Waals surface area contributed by atoms with Crippen LogP contribution < -0.4 is 5.32 Å². The van der Waals surface area contributed by atoms with E-state index in [9.17, 15) is 9.90 Å². The van der Waals surface area contributed by atoms with Crippen molar-refractivity contribution < 1.29 is 9.90 Å². The van der Waals surface area contributed by atoms with Crippen LogP contribution in [0.25, 0.3) is 6.08 Å². The Bertz CT molecular complexity index is 588. The van der Waals surface area contributed by atoms with Gasteiger partial charge in [0.1, 0.15) is 5.75 Å². The monoisotopic (exact) mass is 281 g/mol. The van der Waals surface area contributed by atoms with Gasteiger partial charge in [0.25, 0.3) is 0 Å². The summed E-state index contributed by atoms with van der Waals surface area (Å²) < 4.78 is 0. The number of amides is 1. The summed E-state index contributed by atoms with van der Waals surface area (Å²) in [6.07, 6.45) is 4.95. The van der Waals surface area contributed by atoms with Crippen molar-refractivity contribution in [3.05, 3.63) is 71.8 Å². The highest BCUT2D eigenvalue weighted by atomic mass is 16.3. The molecule has 0 aliphatic carbocycles. The molecule has 0 aliphatic rings. The molecule has 0 radical (unpaired) electrons. The number of aromatic hydroxyl groups is 1. The van der Waals surface area contributed by atoms with Gasteiger partial charge in [-0.3, -0.25) is 4.79 Å². The summed E-state index contributed by atoms with van der Waals surface area (Å²) in [5, 5.41) is 12.1. The van der Waals surface area contributed by atoms with Gasteiger partial charge >= 0.3 is 0 Å². The number of carbonyl (C=O) groups is 1. The maximum atomic E-state index is 11.7. The molecule has 2 rings (SSSR count). The van der Waals surface area contributed by atoms with E-state index in [2.05, 4.69) is 5.32 Å². The van der Waals surface area contributed by atoms with Crippen molar-refractivity contribution in [1.82, 2.24) is 5.32 Å². The van der Waals surface area contributed by atoms with Crippen LogP contribution in [-0.4, -0.2) is 17.6 Å². The minimum Gasteiger partial charge on any atom is -0.508 e. The van der Waals surface area contributed by atoms with E-state index in [1.807, 2.05) is 54.6 Å². The summed E-state index contributed by atoms with van der Waals surface area (Å²) in [6, 6.07) is 16.9. The average Bonchev–Trinajstić information content (AvgIpc) is 2.50. The highest BCUT2D eigenvalue weighted by molar-refractivity contribution is 5.78. The predicted octanol–water partition coefficient (Wildman–Crippen LogP) is 3.15. The third-order valence-corrected chi connectivity index (χ3v) is 3.09. The summed E-state index contributed by atoms with van der Waals surface area (Å²) in [4.78, 5) is 11.7. The molecule has 0 saturated heterocycles. The molecule has 21 heavy (non-hydrogen) atoms. The number of benzene rings is 2. The van der Waals surface area contributed by atoms with Crippen LogP contribution in [-0.2, 0) is 11.2 Å². The normalized spacial score (nSPS) is 10.7. The Kier molecular flexibility index (Phi) is 5.59. The zero-order valence-electron chi connectivity index (χ0n) is 11.8. The van der Waals surface area contributed by atoms with Crippen molar-refractivity contribution in [2.24, 2.45) is 0 Å². The van der Waals surface area contributed by atoms with Gasteiger partial charge in [0.2, 0.25) is 5.91 Å². The van der Waals surface area contributed by atoms with E-state index in [1.54, 1.807) is 12.1 Å². The molecule has 0 saturated carbocycles. The Morgan fingerprint density at radius 1 is 1.05 bits per heavy atom. The standard InChI is InChI=1S/C18H19NO2/c20-17-11-9-16(10-12-17)13-14-19-18(21)8-4-7-15-5-2-1-3-6-15/h1-7,9-12,20H,8,13-14H2,(H,19,21)/b7-4+. The fourth-order valence-corrected chi connectivity index (χ4v) is 1.95.